The molecule has 0 unspecified atom stereocenters. The molecule has 2 aromatic rings. The molecule has 208 valence electrons. The molecule has 3 atom stereocenters. The monoisotopic (exact) mass is 538 g/mol. The van der Waals surface area contributed by atoms with E-state index in [0.29, 0.717) is 26.4 Å². The normalized spacial score (nSPS) is 22.4. The van der Waals surface area contributed by atoms with Crippen LogP contribution >= 0.6 is 0 Å². The van der Waals surface area contributed by atoms with Gasteiger partial charge in [0.05, 0.1) is 32.5 Å². The second-order valence-electron chi connectivity index (χ2n) is 12.1. The van der Waals surface area contributed by atoms with Crippen molar-refractivity contribution < 1.29 is 23.4 Å². The van der Waals surface area contributed by atoms with E-state index in [2.05, 4.69) is 70.3 Å². The van der Waals surface area contributed by atoms with Crippen molar-refractivity contribution in [3.05, 3.63) is 83.9 Å². The zero-order valence-corrected chi connectivity index (χ0v) is 24.9. The van der Waals surface area contributed by atoms with Crippen molar-refractivity contribution in [3.63, 3.8) is 0 Å². The quantitative estimate of drug-likeness (QED) is 0.160. The Morgan fingerprint density at radius 1 is 0.895 bits per heavy atom. The van der Waals surface area contributed by atoms with Crippen LogP contribution in [0.1, 0.15) is 57.6 Å². The molecule has 1 aliphatic carbocycles. The van der Waals surface area contributed by atoms with Crippen molar-refractivity contribution in [2.45, 2.75) is 102 Å². The van der Waals surface area contributed by atoms with E-state index in [1.165, 1.54) is 5.56 Å². The van der Waals surface area contributed by atoms with Crippen molar-refractivity contribution in [3.8, 4) is 0 Å². The minimum atomic E-state index is -2.09. The molecule has 38 heavy (non-hydrogen) atoms. The van der Waals surface area contributed by atoms with Gasteiger partial charge in [-0.3, -0.25) is 0 Å². The molecule has 5 nitrogen and oxygen atoms in total. The Kier molecular flexibility index (Phi) is 10.0. The van der Waals surface area contributed by atoms with Crippen LogP contribution in [-0.4, -0.2) is 45.6 Å². The van der Waals surface area contributed by atoms with Gasteiger partial charge in [0.1, 0.15) is 12.2 Å². The summed E-state index contributed by atoms with van der Waals surface area (Å²) in [5, 5.41) is 0.0761. The molecule has 1 saturated heterocycles. The molecule has 0 N–H and O–H groups in total. The molecule has 6 heteroatoms. The zero-order chi connectivity index (χ0) is 27.1. The van der Waals surface area contributed by atoms with Crippen LogP contribution in [0, 0.1) is 0 Å². The molecule has 4 rings (SSSR count). The minimum absolute atomic E-state index is 0.0761. The topological polar surface area (TPSA) is 46.2 Å². The molecule has 2 aromatic carbocycles. The second-order valence-corrected chi connectivity index (χ2v) is 16.9. The Morgan fingerprint density at radius 3 is 2.05 bits per heavy atom. The smallest absolute Gasteiger partial charge is 0.193 e. The highest BCUT2D eigenvalue weighted by Crippen LogP contribution is 2.45. The van der Waals surface area contributed by atoms with E-state index in [9.17, 15) is 0 Å². The lowest BCUT2D eigenvalue weighted by Gasteiger charge is -2.40. The van der Waals surface area contributed by atoms with Gasteiger partial charge in [-0.1, -0.05) is 93.6 Å². The Morgan fingerprint density at radius 2 is 1.47 bits per heavy atom. The van der Waals surface area contributed by atoms with Gasteiger partial charge in [0, 0.05) is 12.8 Å². The van der Waals surface area contributed by atoms with Gasteiger partial charge in [-0.25, -0.2) is 0 Å². The molecule has 0 bridgehead atoms. The summed E-state index contributed by atoms with van der Waals surface area (Å²) in [4.78, 5) is 0. The maximum absolute atomic E-state index is 6.98. The summed E-state index contributed by atoms with van der Waals surface area (Å²) in [7, 11) is -2.09. The molecule has 0 aromatic heterocycles. The van der Waals surface area contributed by atoms with E-state index < -0.39 is 14.1 Å². The van der Waals surface area contributed by atoms with Crippen LogP contribution < -0.4 is 0 Å². The number of hydrogen-bond acceptors (Lipinski definition) is 5. The first-order chi connectivity index (χ1) is 18.2. The first-order valence-electron chi connectivity index (χ1n) is 14.1. The predicted molar refractivity (Wildman–Crippen MR) is 154 cm³/mol. The van der Waals surface area contributed by atoms with Gasteiger partial charge in [0.2, 0.25) is 0 Å². The molecule has 1 saturated carbocycles. The van der Waals surface area contributed by atoms with E-state index in [1.54, 1.807) is 0 Å². The summed E-state index contributed by atoms with van der Waals surface area (Å²) in [6.45, 7) is 13.5. The van der Waals surface area contributed by atoms with Crippen LogP contribution in [0.2, 0.25) is 18.1 Å². The van der Waals surface area contributed by atoms with E-state index in [1.807, 2.05) is 36.4 Å². The molecular weight excluding hydrogens is 492 g/mol. The Balaban J connectivity index is 1.47. The molecular formula is C32H46O5Si. The molecule has 2 fully saturated rings. The lowest BCUT2D eigenvalue weighted by molar-refractivity contribution is -0.177. The summed E-state index contributed by atoms with van der Waals surface area (Å²) in [6.07, 6.45) is 7.66. The van der Waals surface area contributed by atoms with Crippen molar-refractivity contribution in [2.24, 2.45) is 0 Å². The first-order valence-corrected chi connectivity index (χ1v) is 17.0. The number of rotatable bonds is 12. The first kappa shape index (κ1) is 29.2. The molecule has 0 radical (unpaired) electrons. The summed E-state index contributed by atoms with van der Waals surface area (Å²) in [6, 6.07) is 20.5. The largest absolute Gasteiger partial charge is 0.408 e. The van der Waals surface area contributed by atoms with Gasteiger partial charge in [0.15, 0.2) is 14.1 Å². The highest BCUT2D eigenvalue weighted by atomic mass is 28.4. The Hall–Kier alpha value is -1.80. The van der Waals surface area contributed by atoms with Gasteiger partial charge in [0.25, 0.3) is 0 Å². The summed E-state index contributed by atoms with van der Waals surface area (Å²) in [5.41, 5.74) is 2.32. The molecule has 1 aliphatic heterocycles. The summed E-state index contributed by atoms with van der Waals surface area (Å²) in [5.74, 6) is -0.516. The van der Waals surface area contributed by atoms with E-state index >= 15 is 0 Å². The van der Waals surface area contributed by atoms with Crippen LogP contribution in [0.5, 0.6) is 0 Å². The Bertz CT molecular complexity index is 996. The minimum Gasteiger partial charge on any atom is -0.408 e. The molecule has 2 aliphatic rings. The predicted octanol–water partition coefficient (Wildman–Crippen LogP) is 7.42. The number of ether oxygens (including phenoxy) is 4. The highest BCUT2D eigenvalue weighted by Gasteiger charge is 2.52. The summed E-state index contributed by atoms with van der Waals surface area (Å²) < 4.78 is 32.5. The maximum atomic E-state index is 6.98. The van der Waals surface area contributed by atoms with Crippen LogP contribution in [0.3, 0.4) is 0 Å². The fourth-order valence-corrected chi connectivity index (χ4v) is 6.11. The van der Waals surface area contributed by atoms with Gasteiger partial charge < -0.3 is 23.4 Å². The SMILES string of the molecule is CC(C)(C)[Si](C)(C)O[C@H](/C=C/COCc1ccccc1)[C@H]1OC2(CCCC2)O[C@@H]1COCc1ccccc1. The van der Waals surface area contributed by atoms with Gasteiger partial charge in [-0.15, -0.1) is 0 Å². The van der Waals surface area contributed by atoms with Crippen molar-refractivity contribution >= 4 is 8.32 Å². The fraction of sp³-hybridized carbons (Fsp3) is 0.562. The van der Waals surface area contributed by atoms with Crippen LogP contribution in [0.4, 0.5) is 0 Å². The van der Waals surface area contributed by atoms with Gasteiger partial charge in [-0.05, 0) is 42.1 Å². The maximum Gasteiger partial charge on any atom is 0.193 e. The van der Waals surface area contributed by atoms with Gasteiger partial charge in [-0.2, -0.15) is 0 Å². The third kappa shape index (κ3) is 7.87. The van der Waals surface area contributed by atoms with E-state index in [4.69, 9.17) is 23.4 Å². The lowest BCUT2D eigenvalue weighted by atomic mass is 10.1. The molecule has 1 spiro atoms. The average molecular weight is 539 g/mol. The van der Waals surface area contributed by atoms with Crippen LogP contribution in [0.25, 0.3) is 0 Å². The fourth-order valence-electron chi connectivity index (χ4n) is 4.86. The number of hydrogen-bond donors (Lipinski definition) is 0. The second kappa shape index (κ2) is 13.0. The van der Waals surface area contributed by atoms with Gasteiger partial charge >= 0.3 is 0 Å². The molecule has 1 heterocycles. The standard InChI is InChI=1S/C32H46O5Si/c1-31(2,3)38(4,5)37-28(19-14-22-33-23-26-15-8-6-9-16-26)30-29(35-32(36-30)20-12-13-21-32)25-34-24-27-17-10-7-11-18-27/h6-11,14-19,28-30H,12-13,20-25H2,1-5H3/b19-14+/t28-,29-,30-/m1/s1. The van der Waals surface area contributed by atoms with Crippen molar-refractivity contribution in [2.75, 3.05) is 13.2 Å². The summed E-state index contributed by atoms with van der Waals surface area (Å²) >= 11 is 0. The van der Waals surface area contributed by atoms with E-state index in [0.717, 1.165) is 31.2 Å². The Labute approximate surface area is 230 Å². The zero-order valence-electron chi connectivity index (χ0n) is 23.9. The van der Waals surface area contributed by atoms with Crippen molar-refractivity contribution in [1.29, 1.82) is 0 Å². The molecule has 0 amide bonds. The van der Waals surface area contributed by atoms with Crippen molar-refractivity contribution in [1.82, 2.24) is 0 Å². The lowest BCUT2D eigenvalue weighted by Crippen LogP contribution is -2.49. The average Bonchev–Trinajstić information content (AvgIpc) is 3.50. The van der Waals surface area contributed by atoms with E-state index in [-0.39, 0.29) is 23.4 Å². The third-order valence-electron chi connectivity index (χ3n) is 8.05. The highest BCUT2D eigenvalue weighted by molar-refractivity contribution is 6.74. The third-order valence-corrected chi connectivity index (χ3v) is 12.5. The van der Waals surface area contributed by atoms with Crippen LogP contribution in [-0.2, 0) is 36.6 Å². The van der Waals surface area contributed by atoms with Crippen LogP contribution in [0.15, 0.2) is 72.8 Å². The number of benzene rings is 2.